The molecule has 0 unspecified atom stereocenters. The number of carbonyl (C=O) groups is 3. The normalized spacial score (nSPS) is 27.9. The van der Waals surface area contributed by atoms with Gasteiger partial charge in [-0.1, -0.05) is 130 Å². The number of carbonyl (C=O) groups excluding carboxylic acids is 3. The molecule has 3 saturated carbocycles. The van der Waals surface area contributed by atoms with Crippen molar-refractivity contribution in [3.63, 3.8) is 0 Å². The number of rotatable bonds is 28. The van der Waals surface area contributed by atoms with Crippen molar-refractivity contribution in [3.05, 3.63) is 11.6 Å². The summed E-state index contributed by atoms with van der Waals surface area (Å²) in [6.45, 7) is 17.1. The Balaban J connectivity index is 1.17. The largest absolute Gasteiger partial charge is 0.446 e. The van der Waals surface area contributed by atoms with Crippen molar-refractivity contribution in [2.45, 2.75) is 215 Å². The van der Waals surface area contributed by atoms with Gasteiger partial charge >= 0.3 is 6.09 Å². The fourth-order valence-electron chi connectivity index (χ4n) is 12.5. The van der Waals surface area contributed by atoms with E-state index in [0.717, 1.165) is 93.3 Å². The maximum absolute atomic E-state index is 13.3. The molecule has 3 amide bonds. The van der Waals surface area contributed by atoms with Gasteiger partial charge in [0.15, 0.2) is 0 Å². The number of hydrogen-bond acceptors (Lipinski definition) is 5. The van der Waals surface area contributed by atoms with Gasteiger partial charge in [0.1, 0.15) is 6.10 Å². The van der Waals surface area contributed by atoms with Crippen LogP contribution in [-0.4, -0.2) is 61.6 Å². The number of fused-ring (bicyclic) bond motifs is 5. The van der Waals surface area contributed by atoms with E-state index in [-0.39, 0.29) is 36.0 Å². The lowest BCUT2D eigenvalue weighted by atomic mass is 9.47. The van der Waals surface area contributed by atoms with Gasteiger partial charge in [0.25, 0.3) is 0 Å². The molecule has 8 nitrogen and oxygen atoms in total. The zero-order valence-corrected chi connectivity index (χ0v) is 39.2. The van der Waals surface area contributed by atoms with Crippen LogP contribution in [0, 0.1) is 46.3 Å². The fourth-order valence-corrected chi connectivity index (χ4v) is 12.5. The highest BCUT2D eigenvalue weighted by Crippen LogP contribution is 2.67. The van der Waals surface area contributed by atoms with Crippen LogP contribution in [0.15, 0.2) is 11.6 Å². The van der Waals surface area contributed by atoms with E-state index in [2.05, 4.69) is 58.3 Å². The fraction of sp³-hybridized carbons (Fsp3) is 0.902. The van der Waals surface area contributed by atoms with Crippen molar-refractivity contribution < 1.29 is 19.1 Å². The number of amides is 3. The lowest BCUT2D eigenvalue weighted by molar-refractivity contribution is -0.136. The van der Waals surface area contributed by atoms with Gasteiger partial charge in [-0.05, 0) is 130 Å². The maximum atomic E-state index is 13.3. The van der Waals surface area contributed by atoms with E-state index < -0.39 is 0 Å². The SMILES string of the molecule is CCCCCCCCCCCCC(=O)N(CCCCNC(=O)O[C@H]1CC[C@@]2(C)C(=CC[C@H]3[C@@H]4CC[C@H]([C@H](C)CCCC(C)C)[C@@]4(C)CC[C@@H]32)C1)CC(=O)NCCCCN. The topological polar surface area (TPSA) is 114 Å². The van der Waals surface area contributed by atoms with Gasteiger partial charge in [-0.25, -0.2) is 4.79 Å². The third-order valence-corrected chi connectivity index (χ3v) is 16.0. The van der Waals surface area contributed by atoms with Crippen LogP contribution in [0.1, 0.15) is 208 Å². The van der Waals surface area contributed by atoms with E-state index in [1.165, 1.54) is 103 Å². The smallest absolute Gasteiger partial charge is 0.407 e. The molecule has 0 radical (unpaired) electrons. The predicted molar refractivity (Wildman–Crippen MR) is 245 cm³/mol. The van der Waals surface area contributed by atoms with Gasteiger partial charge in [0.05, 0.1) is 6.54 Å². The molecule has 59 heavy (non-hydrogen) atoms. The summed E-state index contributed by atoms with van der Waals surface area (Å²) in [5.41, 5.74) is 7.89. The third kappa shape index (κ3) is 15.0. The van der Waals surface area contributed by atoms with Crippen LogP contribution in [0.5, 0.6) is 0 Å². The number of hydrogen-bond donors (Lipinski definition) is 3. The van der Waals surface area contributed by atoms with Gasteiger partial charge in [0, 0.05) is 32.5 Å². The molecule has 8 heteroatoms. The molecule has 0 aromatic rings. The van der Waals surface area contributed by atoms with Crippen molar-refractivity contribution in [1.29, 1.82) is 0 Å². The number of nitrogens with two attached hydrogens (primary N) is 1. The van der Waals surface area contributed by atoms with Gasteiger partial charge in [-0.15, -0.1) is 0 Å². The number of ether oxygens (including phenoxy) is 1. The van der Waals surface area contributed by atoms with Crippen LogP contribution in [0.25, 0.3) is 0 Å². The third-order valence-electron chi connectivity index (χ3n) is 16.0. The highest BCUT2D eigenvalue weighted by molar-refractivity contribution is 5.84. The highest BCUT2D eigenvalue weighted by Gasteiger charge is 2.59. The van der Waals surface area contributed by atoms with Gasteiger partial charge in [0.2, 0.25) is 11.8 Å². The molecule has 0 spiro atoms. The summed E-state index contributed by atoms with van der Waals surface area (Å²) in [5.74, 6) is 4.88. The summed E-state index contributed by atoms with van der Waals surface area (Å²) in [6.07, 6.45) is 31.9. The molecule has 0 heterocycles. The van der Waals surface area contributed by atoms with E-state index in [1.54, 1.807) is 10.5 Å². The molecule has 0 aromatic heterocycles. The second kappa shape index (κ2) is 25.8. The van der Waals surface area contributed by atoms with Crippen molar-refractivity contribution in [2.75, 3.05) is 32.7 Å². The molecule has 8 atom stereocenters. The first kappa shape index (κ1) is 49.6. The lowest BCUT2D eigenvalue weighted by Gasteiger charge is -2.58. The Labute approximate surface area is 362 Å². The van der Waals surface area contributed by atoms with Crippen LogP contribution in [-0.2, 0) is 14.3 Å². The minimum absolute atomic E-state index is 0.0541. The van der Waals surface area contributed by atoms with Crippen molar-refractivity contribution in [1.82, 2.24) is 15.5 Å². The molecule has 4 aliphatic carbocycles. The minimum atomic E-state index is -0.327. The second-order valence-corrected chi connectivity index (χ2v) is 20.8. The zero-order valence-electron chi connectivity index (χ0n) is 39.2. The molecule has 0 aromatic carbocycles. The van der Waals surface area contributed by atoms with E-state index in [9.17, 15) is 14.4 Å². The van der Waals surface area contributed by atoms with Gasteiger partial charge in [-0.3, -0.25) is 9.59 Å². The molecule has 0 aliphatic heterocycles. The summed E-state index contributed by atoms with van der Waals surface area (Å²) < 4.78 is 6.05. The molecular weight excluding hydrogens is 733 g/mol. The van der Waals surface area contributed by atoms with E-state index in [4.69, 9.17) is 10.5 Å². The standard InChI is InChI=1S/C51H92N4O4/c1-7-8-9-10-11-12-13-14-15-16-24-48(57)55(38-47(56)53-34-18-17-33-52)36-20-19-35-54-49(58)59-42-29-31-50(5)41(37-42)25-26-43-45-28-27-44(40(4)23-21-22-39(2)3)51(45,6)32-30-46(43)50/h25,39-40,42-46H,7-24,26-38,52H2,1-6H3,(H,53,56)(H,54,58)/t40-,42+,43+,44-,45+,46+,50+,51-/m1/s1. The number of nitrogens with zero attached hydrogens (tertiary/aromatic N) is 1. The number of unbranched alkanes of at least 4 members (excludes halogenated alkanes) is 11. The first-order chi connectivity index (χ1) is 28.4. The summed E-state index contributed by atoms with van der Waals surface area (Å²) in [6, 6.07) is 0. The monoisotopic (exact) mass is 825 g/mol. The molecular formula is C51H92N4O4. The Hall–Kier alpha value is -2.09. The van der Waals surface area contributed by atoms with E-state index >= 15 is 0 Å². The Morgan fingerprint density at radius 2 is 1.49 bits per heavy atom. The predicted octanol–water partition coefficient (Wildman–Crippen LogP) is 11.9. The Bertz CT molecular complexity index is 1290. The molecule has 0 bridgehead atoms. The quantitative estimate of drug-likeness (QED) is 0.0537. The lowest BCUT2D eigenvalue weighted by Crippen LogP contribution is -2.51. The molecule has 4 aliphatic rings. The number of nitrogens with one attached hydrogen (secondary N) is 2. The minimum Gasteiger partial charge on any atom is -0.446 e. The zero-order chi connectivity index (χ0) is 42.7. The van der Waals surface area contributed by atoms with Crippen molar-refractivity contribution in [2.24, 2.45) is 52.1 Å². The first-order valence-corrected chi connectivity index (χ1v) is 25.3. The Kier molecular flexibility index (Phi) is 21.6. The van der Waals surface area contributed by atoms with Crippen molar-refractivity contribution in [3.8, 4) is 0 Å². The molecule has 4 N–H and O–H groups in total. The summed E-state index contributed by atoms with van der Waals surface area (Å²) in [4.78, 5) is 40.7. The van der Waals surface area contributed by atoms with Crippen LogP contribution < -0.4 is 16.4 Å². The summed E-state index contributed by atoms with van der Waals surface area (Å²) in [5, 5.41) is 5.96. The highest BCUT2D eigenvalue weighted by atomic mass is 16.6. The van der Waals surface area contributed by atoms with E-state index in [1.807, 2.05) is 0 Å². The van der Waals surface area contributed by atoms with E-state index in [0.29, 0.717) is 38.0 Å². The van der Waals surface area contributed by atoms with Gasteiger partial charge < -0.3 is 26.0 Å². The number of alkyl carbamates (subject to hydrolysis) is 1. The Morgan fingerprint density at radius 3 is 2.20 bits per heavy atom. The average Bonchev–Trinajstić information content (AvgIpc) is 3.57. The molecule has 0 saturated heterocycles. The molecule has 3 fully saturated rings. The summed E-state index contributed by atoms with van der Waals surface area (Å²) in [7, 11) is 0. The van der Waals surface area contributed by atoms with Crippen LogP contribution >= 0.6 is 0 Å². The van der Waals surface area contributed by atoms with Crippen LogP contribution in [0.4, 0.5) is 4.79 Å². The first-order valence-electron chi connectivity index (χ1n) is 25.3. The maximum Gasteiger partial charge on any atom is 0.407 e. The number of allylic oxidation sites excluding steroid dienone is 1. The Morgan fingerprint density at radius 1 is 0.797 bits per heavy atom. The molecule has 340 valence electrons. The average molecular weight is 825 g/mol. The molecule has 4 rings (SSSR count). The van der Waals surface area contributed by atoms with Crippen LogP contribution in [0.3, 0.4) is 0 Å². The van der Waals surface area contributed by atoms with Crippen LogP contribution in [0.2, 0.25) is 0 Å². The van der Waals surface area contributed by atoms with Crippen molar-refractivity contribution >= 4 is 17.9 Å². The second-order valence-electron chi connectivity index (χ2n) is 20.8. The summed E-state index contributed by atoms with van der Waals surface area (Å²) >= 11 is 0. The van der Waals surface area contributed by atoms with Gasteiger partial charge in [-0.2, -0.15) is 0 Å².